The second-order valence-electron chi connectivity index (χ2n) is 5.61. The summed E-state index contributed by atoms with van der Waals surface area (Å²) in [6.07, 6.45) is 0.185. The van der Waals surface area contributed by atoms with Crippen molar-refractivity contribution in [1.82, 2.24) is 10.2 Å². The third-order valence-electron chi connectivity index (χ3n) is 3.34. The fourth-order valence-corrected chi connectivity index (χ4v) is 3.26. The van der Waals surface area contributed by atoms with E-state index in [9.17, 15) is 13.2 Å². The topological polar surface area (TPSA) is 79.0 Å². The van der Waals surface area contributed by atoms with E-state index < -0.39 is 16.1 Å². The SMILES string of the molecule is CN(C)CCNC(=O)[C@@H]1CN(S(C)(=O)=O)c2cc(Cl)ccc2O1. The number of nitrogens with one attached hydrogen (secondary N) is 1. The minimum Gasteiger partial charge on any atom is -0.476 e. The Labute approximate surface area is 141 Å². The fourth-order valence-electron chi connectivity index (χ4n) is 2.19. The quantitative estimate of drug-likeness (QED) is 0.828. The van der Waals surface area contributed by atoms with E-state index >= 15 is 0 Å². The van der Waals surface area contributed by atoms with Gasteiger partial charge in [0.05, 0.1) is 18.5 Å². The number of halogens is 1. The van der Waals surface area contributed by atoms with Gasteiger partial charge in [-0.3, -0.25) is 9.10 Å². The van der Waals surface area contributed by atoms with Crippen LogP contribution in [0, 0.1) is 0 Å². The van der Waals surface area contributed by atoms with Gasteiger partial charge in [-0.25, -0.2) is 8.42 Å². The maximum Gasteiger partial charge on any atom is 0.263 e. The Kier molecular flexibility index (Phi) is 5.38. The van der Waals surface area contributed by atoms with Gasteiger partial charge in [0.15, 0.2) is 6.10 Å². The summed E-state index contributed by atoms with van der Waals surface area (Å²) in [5.74, 6) is -0.0278. The van der Waals surface area contributed by atoms with Crippen molar-refractivity contribution in [2.45, 2.75) is 6.10 Å². The Morgan fingerprint density at radius 1 is 1.48 bits per heavy atom. The van der Waals surface area contributed by atoms with Crippen LogP contribution in [0.5, 0.6) is 5.75 Å². The molecule has 1 aromatic carbocycles. The zero-order valence-corrected chi connectivity index (χ0v) is 14.8. The normalized spacial score (nSPS) is 17.6. The molecule has 1 heterocycles. The van der Waals surface area contributed by atoms with Gasteiger partial charge in [0.1, 0.15) is 5.75 Å². The first kappa shape index (κ1) is 17.8. The van der Waals surface area contributed by atoms with E-state index in [-0.39, 0.29) is 12.5 Å². The molecule has 0 bridgehead atoms. The van der Waals surface area contributed by atoms with Crippen molar-refractivity contribution in [3.63, 3.8) is 0 Å². The molecule has 1 amide bonds. The summed E-state index contributed by atoms with van der Waals surface area (Å²) < 4.78 is 30.8. The average Bonchev–Trinajstić information content (AvgIpc) is 2.44. The summed E-state index contributed by atoms with van der Waals surface area (Å²) in [4.78, 5) is 14.2. The summed E-state index contributed by atoms with van der Waals surface area (Å²) in [6.45, 7) is 1.05. The summed E-state index contributed by atoms with van der Waals surface area (Å²) in [5.41, 5.74) is 0.345. The number of hydrogen-bond donors (Lipinski definition) is 1. The number of carbonyl (C=O) groups excluding carboxylic acids is 1. The molecule has 0 spiro atoms. The van der Waals surface area contributed by atoms with Gasteiger partial charge in [0.25, 0.3) is 5.91 Å². The van der Waals surface area contributed by atoms with Crippen molar-refractivity contribution < 1.29 is 17.9 Å². The van der Waals surface area contributed by atoms with Gasteiger partial charge < -0.3 is 15.0 Å². The van der Waals surface area contributed by atoms with Crippen molar-refractivity contribution in [2.75, 3.05) is 44.3 Å². The lowest BCUT2D eigenvalue weighted by Gasteiger charge is -2.34. The van der Waals surface area contributed by atoms with Crippen molar-refractivity contribution in [3.05, 3.63) is 23.2 Å². The van der Waals surface area contributed by atoms with Gasteiger partial charge >= 0.3 is 0 Å². The number of ether oxygens (including phenoxy) is 1. The number of carbonyl (C=O) groups is 1. The summed E-state index contributed by atoms with van der Waals surface area (Å²) in [6, 6.07) is 4.67. The molecule has 1 aliphatic heterocycles. The lowest BCUT2D eigenvalue weighted by atomic mass is 10.2. The molecule has 7 nitrogen and oxygen atoms in total. The molecule has 0 saturated carbocycles. The molecular weight excluding hydrogens is 342 g/mol. The molecule has 9 heteroatoms. The lowest BCUT2D eigenvalue weighted by molar-refractivity contribution is -0.127. The Morgan fingerprint density at radius 2 is 2.17 bits per heavy atom. The zero-order chi connectivity index (χ0) is 17.2. The van der Waals surface area contributed by atoms with Crippen LogP contribution >= 0.6 is 11.6 Å². The van der Waals surface area contributed by atoms with Gasteiger partial charge in [0.2, 0.25) is 10.0 Å². The number of sulfonamides is 1. The number of fused-ring (bicyclic) bond motifs is 1. The number of rotatable bonds is 5. The van der Waals surface area contributed by atoms with Crippen LogP contribution in [0.2, 0.25) is 5.02 Å². The maximum absolute atomic E-state index is 12.2. The summed E-state index contributed by atoms with van der Waals surface area (Å²) in [7, 11) is 0.245. The number of likely N-dealkylation sites (N-methyl/N-ethyl adjacent to an activating group) is 1. The first-order valence-corrected chi connectivity index (χ1v) is 9.27. The molecular formula is C14H20ClN3O4S. The number of anilines is 1. The van der Waals surface area contributed by atoms with Crippen LogP contribution in [0.4, 0.5) is 5.69 Å². The largest absolute Gasteiger partial charge is 0.476 e. The van der Waals surface area contributed by atoms with Crippen LogP contribution in [-0.4, -0.2) is 65.3 Å². The minimum absolute atomic E-state index is 0.0834. The van der Waals surface area contributed by atoms with E-state index in [1.165, 1.54) is 6.07 Å². The highest BCUT2D eigenvalue weighted by Gasteiger charge is 2.35. The predicted octanol–water partition coefficient (Wildman–Crippen LogP) is 0.545. The summed E-state index contributed by atoms with van der Waals surface area (Å²) in [5, 5.41) is 3.14. The second kappa shape index (κ2) is 6.94. The van der Waals surface area contributed by atoms with E-state index in [1.54, 1.807) is 12.1 Å². The van der Waals surface area contributed by atoms with Gasteiger partial charge in [-0.15, -0.1) is 0 Å². The maximum atomic E-state index is 12.2. The van der Waals surface area contributed by atoms with Gasteiger partial charge in [0, 0.05) is 18.1 Å². The average molecular weight is 362 g/mol. The third kappa shape index (κ3) is 4.49. The Bertz CT molecular complexity index is 693. The Morgan fingerprint density at radius 3 is 2.78 bits per heavy atom. The number of benzene rings is 1. The van der Waals surface area contributed by atoms with E-state index in [2.05, 4.69) is 5.32 Å². The van der Waals surface area contributed by atoms with Gasteiger partial charge in [-0.05, 0) is 32.3 Å². The molecule has 1 aliphatic rings. The van der Waals surface area contributed by atoms with Crippen LogP contribution in [0.3, 0.4) is 0 Å². The van der Waals surface area contributed by atoms with E-state index in [0.29, 0.717) is 29.5 Å². The molecule has 1 N–H and O–H groups in total. The number of nitrogens with zero attached hydrogens (tertiary/aromatic N) is 2. The van der Waals surface area contributed by atoms with Crippen LogP contribution in [0.1, 0.15) is 0 Å². The highest BCUT2D eigenvalue weighted by Crippen LogP contribution is 2.36. The van der Waals surface area contributed by atoms with Crippen molar-refractivity contribution in [2.24, 2.45) is 0 Å². The van der Waals surface area contributed by atoms with Crippen LogP contribution in [0.25, 0.3) is 0 Å². The van der Waals surface area contributed by atoms with Crippen molar-refractivity contribution >= 4 is 33.2 Å². The third-order valence-corrected chi connectivity index (χ3v) is 4.72. The smallest absolute Gasteiger partial charge is 0.263 e. The highest BCUT2D eigenvalue weighted by atomic mass is 35.5. The molecule has 2 rings (SSSR count). The molecule has 23 heavy (non-hydrogen) atoms. The molecule has 0 unspecified atom stereocenters. The molecule has 0 saturated heterocycles. The predicted molar refractivity (Wildman–Crippen MR) is 89.6 cm³/mol. The minimum atomic E-state index is -3.55. The van der Waals surface area contributed by atoms with Crippen LogP contribution < -0.4 is 14.4 Å². The van der Waals surface area contributed by atoms with Gasteiger partial charge in [-0.2, -0.15) is 0 Å². The van der Waals surface area contributed by atoms with E-state index in [4.69, 9.17) is 16.3 Å². The first-order valence-electron chi connectivity index (χ1n) is 7.05. The molecule has 0 aromatic heterocycles. The van der Waals surface area contributed by atoms with E-state index in [1.807, 2.05) is 19.0 Å². The first-order chi connectivity index (χ1) is 10.7. The monoisotopic (exact) mass is 361 g/mol. The van der Waals surface area contributed by atoms with Crippen LogP contribution in [-0.2, 0) is 14.8 Å². The van der Waals surface area contributed by atoms with Crippen LogP contribution in [0.15, 0.2) is 18.2 Å². The molecule has 1 aromatic rings. The zero-order valence-electron chi connectivity index (χ0n) is 13.2. The standard InChI is InChI=1S/C14H20ClN3O4S/c1-17(2)7-6-16-14(19)13-9-18(23(3,20)21)11-8-10(15)4-5-12(11)22-13/h4-5,8,13H,6-7,9H2,1-3H3,(H,16,19)/t13-/m0/s1. The van der Waals surface area contributed by atoms with Crippen molar-refractivity contribution in [3.8, 4) is 5.75 Å². The molecule has 0 aliphatic carbocycles. The molecule has 128 valence electrons. The molecule has 0 radical (unpaired) electrons. The van der Waals surface area contributed by atoms with Crippen molar-refractivity contribution in [1.29, 1.82) is 0 Å². The number of hydrogen-bond acceptors (Lipinski definition) is 5. The van der Waals surface area contributed by atoms with E-state index in [0.717, 1.165) is 10.6 Å². The molecule has 0 fully saturated rings. The Balaban J connectivity index is 2.20. The highest BCUT2D eigenvalue weighted by molar-refractivity contribution is 7.92. The number of amides is 1. The summed E-state index contributed by atoms with van der Waals surface area (Å²) >= 11 is 5.93. The molecule has 1 atom stereocenters. The fraction of sp³-hybridized carbons (Fsp3) is 0.500. The Hall–Kier alpha value is -1.51. The second-order valence-corrected chi connectivity index (χ2v) is 7.95. The van der Waals surface area contributed by atoms with Gasteiger partial charge in [-0.1, -0.05) is 11.6 Å². The lowest BCUT2D eigenvalue weighted by Crippen LogP contribution is -2.51.